The summed E-state index contributed by atoms with van der Waals surface area (Å²) in [4.78, 5) is 14.5. The molecule has 0 spiro atoms. The number of benzene rings is 2. The van der Waals surface area contributed by atoms with Crippen molar-refractivity contribution in [2.24, 2.45) is 0 Å². The Hall–Kier alpha value is -2.67. The monoisotopic (exact) mass is 362 g/mol. The molecule has 0 aromatic heterocycles. The first-order chi connectivity index (χ1) is 12.5. The summed E-state index contributed by atoms with van der Waals surface area (Å²) in [7, 11) is 0. The van der Waals surface area contributed by atoms with Crippen molar-refractivity contribution in [2.45, 2.75) is 25.6 Å². The summed E-state index contributed by atoms with van der Waals surface area (Å²) in [5.74, 6) is -0.0283. The summed E-state index contributed by atoms with van der Waals surface area (Å²) in [6.07, 6.45) is 0.807. The van der Waals surface area contributed by atoms with E-state index in [0.717, 1.165) is 0 Å². The van der Waals surface area contributed by atoms with Gasteiger partial charge in [-0.2, -0.15) is 8.78 Å². The molecule has 7 heteroatoms. The first-order valence-electron chi connectivity index (χ1n) is 8.41. The molecule has 0 radical (unpaired) electrons. The number of rotatable bonds is 5. The average Bonchev–Trinajstić information content (AvgIpc) is 2.63. The molecule has 0 unspecified atom stereocenters. The lowest BCUT2D eigenvalue weighted by atomic mass is 10.1. The Balaban J connectivity index is 1.74. The zero-order chi connectivity index (χ0) is 18.5. The van der Waals surface area contributed by atoms with Crippen LogP contribution in [0.25, 0.3) is 0 Å². The molecule has 1 aliphatic rings. The lowest BCUT2D eigenvalue weighted by molar-refractivity contribution is -0.0498. The van der Waals surface area contributed by atoms with Gasteiger partial charge in [-0.3, -0.25) is 4.79 Å². The molecular weight excluding hydrogens is 342 g/mol. The zero-order valence-corrected chi connectivity index (χ0v) is 14.1. The van der Waals surface area contributed by atoms with E-state index >= 15 is 0 Å². The Bertz CT molecular complexity index is 745. The number of hydrogen-bond donors (Lipinski definition) is 2. The summed E-state index contributed by atoms with van der Waals surface area (Å²) in [6, 6.07) is 13.2. The number of carbonyl (C=O) groups excluding carboxylic acids is 1. The Morgan fingerprint density at radius 3 is 2.42 bits per heavy atom. The number of nitrogens with one attached hydrogen (secondary N) is 1. The van der Waals surface area contributed by atoms with Crippen molar-refractivity contribution < 1.29 is 23.4 Å². The number of nitrogens with zero attached hydrogens (tertiary/aromatic N) is 1. The number of hydrogen-bond acceptors (Lipinski definition) is 4. The van der Waals surface area contributed by atoms with Crippen molar-refractivity contribution in [3.63, 3.8) is 0 Å². The minimum atomic E-state index is -2.87. The highest BCUT2D eigenvalue weighted by molar-refractivity contribution is 6.00. The second-order valence-corrected chi connectivity index (χ2v) is 6.10. The molecular formula is C19H20F2N2O3. The number of piperidine rings is 1. The highest BCUT2D eigenvalue weighted by Crippen LogP contribution is 2.25. The molecule has 138 valence electrons. The summed E-state index contributed by atoms with van der Waals surface area (Å²) in [5, 5.41) is 12.7. The fourth-order valence-electron chi connectivity index (χ4n) is 2.89. The standard InChI is InChI=1S/C19H20F2N2O3/c20-19(21)26-15-7-5-13(6-8-15)22-17-4-2-1-3-16(17)18(25)23-11-9-14(24)10-12-23/h1-8,14,19,22,24H,9-12H2. The van der Waals surface area contributed by atoms with E-state index in [-0.39, 0.29) is 17.8 Å². The molecule has 2 aromatic rings. The SMILES string of the molecule is O=C(c1ccccc1Nc1ccc(OC(F)F)cc1)N1CCC(O)CC1. The summed E-state index contributed by atoms with van der Waals surface area (Å²) in [5.41, 5.74) is 1.81. The molecule has 0 saturated carbocycles. The van der Waals surface area contributed by atoms with Gasteiger partial charge in [0.2, 0.25) is 0 Å². The Morgan fingerprint density at radius 2 is 1.77 bits per heavy atom. The van der Waals surface area contributed by atoms with E-state index in [9.17, 15) is 18.7 Å². The average molecular weight is 362 g/mol. The van der Waals surface area contributed by atoms with Crippen molar-refractivity contribution in [3.05, 3.63) is 54.1 Å². The van der Waals surface area contributed by atoms with Crippen LogP contribution in [-0.4, -0.2) is 41.7 Å². The molecule has 1 fully saturated rings. The van der Waals surface area contributed by atoms with Gasteiger partial charge in [0.15, 0.2) is 0 Å². The van der Waals surface area contributed by atoms with Crippen molar-refractivity contribution in [3.8, 4) is 5.75 Å². The van der Waals surface area contributed by atoms with E-state index in [1.807, 2.05) is 6.07 Å². The Morgan fingerprint density at radius 1 is 1.12 bits per heavy atom. The predicted octanol–water partition coefficient (Wildman–Crippen LogP) is 3.63. The van der Waals surface area contributed by atoms with Crippen molar-refractivity contribution in [1.82, 2.24) is 4.90 Å². The number of alkyl halides is 2. The van der Waals surface area contributed by atoms with Crippen LogP contribution in [0.3, 0.4) is 0 Å². The number of amides is 1. The maximum absolute atomic E-state index is 12.8. The van der Waals surface area contributed by atoms with Gasteiger partial charge in [-0.25, -0.2) is 0 Å². The van der Waals surface area contributed by atoms with Crippen molar-refractivity contribution in [1.29, 1.82) is 0 Å². The highest BCUT2D eigenvalue weighted by Gasteiger charge is 2.23. The fraction of sp³-hybridized carbons (Fsp3) is 0.316. The topological polar surface area (TPSA) is 61.8 Å². The molecule has 0 aliphatic carbocycles. The maximum Gasteiger partial charge on any atom is 0.387 e. The molecule has 2 aromatic carbocycles. The third kappa shape index (κ3) is 4.49. The van der Waals surface area contributed by atoms with Gasteiger partial charge in [-0.05, 0) is 49.2 Å². The first-order valence-corrected chi connectivity index (χ1v) is 8.41. The largest absolute Gasteiger partial charge is 0.435 e. The van der Waals surface area contributed by atoms with Crippen LogP contribution in [0.4, 0.5) is 20.2 Å². The molecule has 1 amide bonds. The van der Waals surface area contributed by atoms with Gasteiger partial charge in [0.1, 0.15) is 5.75 Å². The minimum Gasteiger partial charge on any atom is -0.435 e. The molecule has 1 saturated heterocycles. The molecule has 0 atom stereocenters. The van der Waals surface area contributed by atoms with Gasteiger partial charge < -0.3 is 20.1 Å². The number of anilines is 2. The third-order valence-electron chi connectivity index (χ3n) is 4.27. The fourth-order valence-corrected chi connectivity index (χ4v) is 2.89. The molecule has 1 heterocycles. The second-order valence-electron chi connectivity index (χ2n) is 6.10. The highest BCUT2D eigenvalue weighted by atomic mass is 19.3. The maximum atomic E-state index is 12.8. The summed E-state index contributed by atoms with van der Waals surface area (Å²) >= 11 is 0. The first kappa shape index (κ1) is 18.1. The van der Waals surface area contributed by atoms with E-state index in [0.29, 0.717) is 42.9 Å². The third-order valence-corrected chi connectivity index (χ3v) is 4.27. The van der Waals surface area contributed by atoms with E-state index < -0.39 is 6.61 Å². The van der Waals surface area contributed by atoms with E-state index in [1.165, 1.54) is 12.1 Å². The van der Waals surface area contributed by atoms with E-state index in [2.05, 4.69) is 10.1 Å². The number of aliphatic hydroxyl groups excluding tert-OH is 1. The Labute approximate surface area is 150 Å². The quantitative estimate of drug-likeness (QED) is 0.853. The van der Waals surface area contributed by atoms with Gasteiger partial charge >= 0.3 is 6.61 Å². The van der Waals surface area contributed by atoms with Crippen LogP contribution in [0, 0.1) is 0 Å². The lowest BCUT2D eigenvalue weighted by Crippen LogP contribution is -2.40. The van der Waals surface area contributed by atoms with Gasteiger partial charge in [0.25, 0.3) is 5.91 Å². The molecule has 0 bridgehead atoms. The molecule has 2 N–H and O–H groups in total. The van der Waals surface area contributed by atoms with E-state index in [1.54, 1.807) is 35.2 Å². The van der Waals surface area contributed by atoms with Crippen LogP contribution >= 0.6 is 0 Å². The predicted molar refractivity (Wildman–Crippen MR) is 93.9 cm³/mol. The number of likely N-dealkylation sites (tertiary alicyclic amines) is 1. The number of carbonyl (C=O) groups is 1. The van der Waals surface area contributed by atoms with Gasteiger partial charge in [0.05, 0.1) is 17.4 Å². The normalized spacial score (nSPS) is 15.2. The van der Waals surface area contributed by atoms with Crippen LogP contribution in [0.15, 0.2) is 48.5 Å². The second kappa shape index (κ2) is 8.14. The number of halogens is 2. The summed E-state index contributed by atoms with van der Waals surface area (Å²) < 4.78 is 28.8. The smallest absolute Gasteiger partial charge is 0.387 e. The zero-order valence-electron chi connectivity index (χ0n) is 14.1. The number of aliphatic hydroxyl groups is 1. The Kier molecular flexibility index (Phi) is 5.68. The van der Waals surface area contributed by atoms with Crippen molar-refractivity contribution in [2.75, 3.05) is 18.4 Å². The van der Waals surface area contributed by atoms with Crippen LogP contribution in [0.5, 0.6) is 5.75 Å². The van der Waals surface area contributed by atoms with Gasteiger partial charge in [-0.1, -0.05) is 12.1 Å². The van der Waals surface area contributed by atoms with Crippen LogP contribution in [0.1, 0.15) is 23.2 Å². The van der Waals surface area contributed by atoms with Crippen LogP contribution in [-0.2, 0) is 0 Å². The van der Waals surface area contributed by atoms with Crippen LogP contribution in [0.2, 0.25) is 0 Å². The van der Waals surface area contributed by atoms with E-state index in [4.69, 9.17) is 0 Å². The minimum absolute atomic E-state index is 0.0711. The molecule has 1 aliphatic heterocycles. The summed E-state index contributed by atoms with van der Waals surface area (Å²) in [6.45, 7) is -1.82. The lowest BCUT2D eigenvalue weighted by Gasteiger charge is -2.30. The van der Waals surface area contributed by atoms with Crippen molar-refractivity contribution >= 4 is 17.3 Å². The number of ether oxygens (including phenoxy) is 1. The van der Waals surface area contributed by atoms with Crippen LogP contribution < -0.4 is 10.1 Å². The van der Waals surface area contributed by atoms with Gasteiger partial charge in [-0.15, -0.1) is 0 Å². The number of para-hydroxylation sites is 1. The molecule has 5 nitrogen and oxygen atoms in total. The molecule has 3 rings (SSSR count). The molecule has 26 heavy (non-hydrogen) atoms. The van der Waals surface area contributed by atoms with Gasteiger partial charge in [0, 0.05) is 18.8 Å².